The number of nitrogens with one attached hydrogen (secondary N) is 3. The van der Waals surface area contributed by atoms with Crippen LogP contribution in [-0.2, 0) is 11.3 Å². The number of rotatable bonds is 8. The number of methoxy groups -OCH3 is 1. The van der Waals surface area contributed by atoms with Gasteiger partial charge in [-0.05, 0) is 6.92 Å². The molecule has 0 aliphatic carbocycles. The Morgan fingerprint density at radius 3 is 3.06 bits per heavy atom. The van der Waals surface area contributed by atoms with Crippen molar-refractivity contribution in [1.82, 2.24) is 15.6 Å². The van der Waals surface area contributed by atoms with Crippen molar-refractivity contribution in [3.8, 4) is 0 Å². The van der Waals surface area contributed by atoms with Gasteiger partial charge in [0, 0.05) is 56.8 Å². The summed E-state index contributed by atoms with van der Waals surface area (Å²) < 4.78 is 4.94. The fourth-order valence-electron chi connectivity index (χ4n) is 1.44. The summed E-state index contributed by atoms with van der Waals surface area (Å²) in [5.74, 6) is 0. The van der Waals surface area contributed by atoms with Crippen molar-refractivity contribution in [1.29, 1.82) is 0 Å². The van der Waals surface area contributed by atoms with Gasteiger partial charge in [-0.3, -0.25) is 4.79 Å². The molecule has 5 nitrogen and oxygen atoms in total. The highest BCUT2D eigenvalue weighted by Gasteiger charge is 2.02. The molecule has 1 heterocycles. The Balaban J connectivity index is 2.22. The molecule has 0 aromatic carbocycles. The van der Waals surface area contributed by atoms with Crippen LogP contribution in [0.3, 0.4) is 0 Å². The third-order valence-electron chi connectivity index (χ3n) is 2.48. The molecular weight excluding hydrogens is 218 g/mol. The summed E-state index contributed by atoms with van der Waals surface area (Å²) in [6, 6.07) is 1.85. The maximum atomic E-state index is 11.4. The van der Waals surface area contributed by atoms with E-state index in [9.17, 15) is 4.79 Å². The van der Waals surface area contributed by atoms with Crippen molar-refractivity contribution in [2.45, 2.75) is 19.5 Å². The highest BCUT2D eigenvalue weighted by Crippen LogP contribution is 1.89. The molecule has 0 spiro atoms. The molecule has 0 saturated heterocycles. The SMILES string of the molecule is COCCNCC(C)NCc1c[nH]ccc1=O. The summed E-state index contributed by atoms with van der Waals surface area (Å²) in [7, 11) is 1.69. The summed E-state index contributed by atoms with van der Waals surface area (Å²) in [6.07, 6.45) is 3.38. The second-order valence-corrected chi connectivity index (χ2v) is 4.01. The summed E-state index contributed by atoms with van der Waals surface area (Å²) >= 11 is 0. The van der Waals surface area contributed by atoms with Crippen LogP contribution in [0, 0.1) is 0 Å². The fraction of sp³-hybridized carbons (Fsp3) is 0.583. The van der Waals surface area contributed by atoms with E-state index >= 15 is 0 Å². The molecular formula is C12H21N3O2. The second kappa shape index (κ2) is 8.00. The molecule has 0 saturated carbocycles. The summed E-state index contributed by atoms with van der Waals surface area (Å²) in [4.78, 5) is 14.4. The van der Waals surface area contributed by atoms with Gasteiger partial charge in [0.25, 0.3) is 0 Å². The standard InChI is InChI=1S/C12H21N3O2/c1-10(7-14-5-6-17-2)15-9-11-8-13-4-3-12(11)16/h3-4,8,10,14-15H,5-7,9H2,1-2H3,(H,13,16). The quantitative estimate of drug-likeness (QED) is 0.562. The van der Waals surface area contributed by atoms with E-state index in [4.69, 9.17) is 4.74 Å². The number of pyridine rings is 1. The van der Waals surface area contributed by atoms with Gasteiger partial charge in [-0.25, -0.2) is 0 Å². The van der Waals surface area contributed by atoms with Crippen LogP contribution in [0.4, 0.5) is 0 Å². The maximum Gasteiger partial charge on any atom is 0.186 e. The van der Waals surface area contributed by atoms with Crippen molar-refractivity contribution in [2.24, 2.45) is 0 Å². The van der Waals surface area contributed by atoms with Crippen molar-refractivity contribution < 1.29 is 4.74 Å². The Kier molecular flexibility index (Phi) is 6.54. The molecule has 1 rings (SSSR count). The number of hydrogen-bond donors (Lipinski definition) is 3. The number of aromatic nitrogens is 1. The van der Waals surface area contributed by atoms with E-state index in [1.165, 1.54) is 0 Å². The van der Waals surface area contributed by atoms with Gasteiger partial charge in [0.1, 0.15) is 0 Å². The molecule has 1 aromatic rings. The first-order valence-electron chi connectivity index (χ1n) is 5.83. The van der Waals surface area contributed by atoms with Crippen molar-refractivity contribution in [3.63, 3.8) is 0 Å². The lowest BCUT2D eigenvalue weighted by Crippen LogP contribution is -2.37. The van der Waals surface area contributed by atoms with Crippen LogP contribution in [-0.4, -0.2) is 37.8 Å². The van der Waals surface area contributed by atoms with E-state index in [2.05, 4.69) is 22.5 Å². The van der Waals surface area contributed by atoms with E-state index in [-0.39, 0.29) is 5.43 Å². The average Bonchev–Trinajstić information content (AvgIpc) is 2.34. The van der Waals surface area contributed by atoms with Gasteiger partial charge >= 0.3 is 0 Å². The monoisotopic (exact) mass is 239 g/mol. The normalized spacial score (nSPS) is 12.6. The topological polar surface area (TPSA) is 66.2 Å². The first kappa shape index (κ1) is 13.9. The van der Waals surface area contributed by atoms with Crippen LogP contribution in [0.1, 0.15) is 12.5 Å². The Labute approximate surface area is 102 Å². The maximum absolute atomic E-state index is 11.4. The van der Waals surface area contributed by atoms with E-state index < -0.39 is 0 Å². The van der Waals surface area contributed by atoms with E-state index in [1.54, 1.807) is 25.6 Å². The van der Waals surface area contributed by atoms with Crippen molar-refractivity contribution in [3.05, 3.63) is 34.2 Å². The van der Waals surface area contributed by atoms with Gasteiger partial charge in [0.15, 0.2) is 5.43 Å². The highest BCUT2D eigenvalue weighted by atomic mass is 16.5. The molecule has 0 radical (unpaired) electrons. The lowest BCUT2D eigenvalue weighted by Gasteiger charge is -2.14. The van der Waals surface area contributed by atoms with Gasteiger partial charge < -0.3 is 20.4 Å². The zero-order valence-electron chi connectivity index (χ0n) is 10.5. The summed E-state index contributed by atoms with van der Waals surface area (Å²) in [6.45, 7) is 5.08. The Hall–Kier alpha value is -1.17. The molecule has 96 valence electrons. The predicted octanol–water partition coefficient (Wildman–Crippen LogP) is 0.0890. The van der Waals surface area contributed by atoms with Gasteiger partial charge in [-0.15, -0.1) is 0 Å². The molecule has 0 aliphatic rings. The molecule has 0 bridgehead atoms. The number of hydrogen-bond acceptors (Lipinski definition) is 4. The summed E-state index contributed by atoms with van der Waals surface area (Å²) in [5.41, 5.74) is 0.826. The Bertz CT molecular complexity index is 365. The zero-order chi connectivity index (χ0) is 12.5. The first-order chi connectivity index (χ1) is 8.24. The van der Waals surface area contributed by atoms with Crippen LogP contribution in [0.15, 0.2) is 23.3 Å². The largest absolute Gasteiger partial charge is 0.383 e. The molecule has 0 fully saturated rings. The van der Waals surface area contributed by atoms with Gasteiger partial charge in [0.05, 0.1) is 6.61 Å². The molecule has 17 heavy (non-hydrogen) atoms. The van der Waals surface area contributed by atoms with Gasteiger partial charge in [-0.1, -0.05) is 0 Å². The molecule has 1 atom stereocenters. The molecule has 1 aromatic heterocycles. The predicted molar refractivity (Wildman–Crippen MR) is 68.1 cm³/mol. The minimum absolute atomic E-state index is 0.0655. The van der Waals surface area contributed by atoms with Crippen LogP contribution in [0.25, 0.3) is 0 Å². The Morgan fingerprint density at radius 2 is 2.35 bits per heavy atom. The summed E-state index contributed by atoms with van der Waals surface area (Å²) in [5, 5.41) is 6.56. The highest BCUT2D eigenvalue weighted by molar-refractivity contribution is 5.08. The number of H-pyrrole nitrogens is 1. The molecule has 0 aliphatic heterocycles. The van der Waals surface area contributed by atoms with Crippen LogP contribution >= 0.6 is 0 Å². The molecule has 0 amide bonds. The molecule has 1 unspecified atom stereocenters. The zero-order valence-corrected chi connectivity index (χ0v) is 10.5. The number of ether oxygens (including phenoxy) is 1. The van der Waals surface area contributed by atoms with E-state index in [0.29, 0.717) is 19.2 Å². The first-order valence-corrected chi connectivity index (χ1v) is 5.83. The lowest BCUT2D eigenvalue weighted by molar-refractivity contribution is 0.198. The second-order valence-electron chi connectivity index (χ2n) is 4.01. The smallest absolute Gasteiger partial charge is 0.186 e. The van der Waals surface area contributed by atoms with E-state index in [0.717, 1.165) is 18.7 Å². The Morgan fingerprint density at radius 1 is 1.53 bits per heavy atom. The van der Waals surface area contributed by atoms with Crippen molar-refractivity contribution in [2.75, 3.05) is 26.8 Å². The van der Waals surface area contributed by atoms with Gasteiger partial charge in [0.2, 0.25) is 0 Å². The van der Waals surface area contributed by atoms with Crippen LogP contribution in [0.5, 0.6) is 0 Å². The lowest BCUT2D eigenvalue weighted by atomic mass is 10.2. The number of aromatic amines is 1. The minimum Gasteiger partial charge on any atom is -0.383 e. The third-order valence-corrected chi connectivity index (χ3v) is 2.48. The molecule has 3 N–H and O–H groups in total. The minimum atomic E-state index is 0.0655. The van der Waals surface area contributed by atoms with Crippen LogP contribution < -0.4 is 16.1 Å². The van der Waals surface area contributed by atoms with Gasteiger partial charge in [-0.2, -0.15) is 0 Å². The fourth-order valence-corrected chi connectivity index (χ4v) is 1.44. The van der Waals surface area contributed by atoms with Crippen LogP contribution in [0.2, 0.25) is 0 Å². The molecule has 5 heteroatoms. The average molecular weight is 239 g/mol. The van der Waals surface area contributed by atoms with Crippen molar-refractivity contribution >= 4 is 0 Å². The van der Waals surface area contributed by atoms with E-state index in [1.807, 2.05) is 0 Å². The third kappa shape index (κ3) is 5.63.